The summed E-state index contributed by atoms with van der Waals surface area (Å²) in [6, 6.07) is 16.1. The summed E-state index contributed by atoms with van der Waals surface area (Å²) in [6.45, 7) is 3.37. The van der Waals surface area contributed by atoms with Crippen LogP contribution in [-0.4, -0.2) is 29.6 Å². The molecule has 6 heteroatoms. The lowest BCUT2D eigenvalue weighted by molar-refractivity contribution is -0.0254. The Labute approximate surface area is 206 Å². The third kappa shape index (κ3) is 4.55. The summed E-state index contributed by atoms with van der Waals surface area (Å²) in [5.41, 5.74) is 3.91. The Kier molecular flexibility index (Phi) is 6.46. The fourth-order valence-electron chi connectivity index (χ4n) is 4.63. The number of nitrogens with zero attached hydrogens (tertiary/aromatic N) is 1. The van der Waals surface area contributed by atoms with Crippen molar-refractivity contribution in [2.75, 3.05) is 19.6 Å². The summed E-state index contributed by atoms with van der Waals surface area (Å²) in [5, 5.41) is 14.0. The summed E-state index contributed by atoms with van der Waals surface area (Å²) in [4.78, 5) is 3.72. The number of rotatable bonds is 4. The zero-order valence-corrected chi connectivity index (χ0v) is 20.8. The monoisotopic (exact) mass is 529 g/mol. The molecule has 1 N–H and O–H groups in total. The average molecular weight is 531 g/mol. The molecular formula is C26H25BrClNO2S. The van der Waals surface area contributed by atoms with Gasteiger partial charge < -0.3 is 14.7 Å². The third-order valence-electron chi connectivity index (χ3n) is 6.49. The molecule has 3 nitrogen and oxygen atoms in total. The van der Waals surface area contributed by atoms with Crippen LogP contribution >= 0.6 is 38.9 Å². The van der Waals surface area contributed by atoms with Gasteiger partial charge in [0.15, 0.2) is 0 Å². The summed E-state index contributed by atoms with van der Waals surface area (Å²) in [7, 11) is 0. The molecule has 3 heterocycles. The molecule has 1 saturated heterocycles. The molecule has 3 aromatic rings. The lowest BCUT2D eigenvalue weighted by Gasteiger charge is -2.38. The van der Waals surface area contributed by atoms with Crippen LogP contribution < -0.4 is 4.74 Å². The fraction of sp³-hybridized carbons (Fsp3) is 0.308. The van der Waals surface area contributed by atoms with E-state index in [1.165, 1.54) is 16.0 Å². The molecule has 2 aliphatic rings. The molecule has 5 rings (SSSR count). The van der Waals surface area contributed by atoms with Gasteiger partial charge in [-0.1, -0.05) is 45.7 Å². The molecule has 1 aromatic heterocycles. The molecule has 0 aliphatic carbocycles. The SMILES string of the molecule is OC1(c2ccc(Cl)cc2)CCN(CCC=C2c3ccc(Br)cc3OCc3sccc32)CC1. The van der Waals surface area contributed by atoms with Crippen molar-refractivity contribution in [3.05, 3.63) is 91.0 Å². The Morgan fingerprint density at radius 3 is 2.66 bits per heavy atom. The van der Waals surface area contributed by atoms with Gasteiger partial charge in [-0.25, -0.2) is 0 Å². The van der Waals surface area contributed by atoms with Crippen molar-refractivity contribution in [1.29, 1.82) is 0 Å². The van der Waals surface area contributed by atoms with Crippen LogP contribution in [0.3, 0.4) is 0 Å². The van der Waals surface area contributed by atoms with Crippen LogP contribution in [0.4, 0.5) is 0 Å². The minimum atomic E-state index is -0.754. The van der Waals surface area contributed by atoms with Crippen molar-refractivity contribution in [2.24, 2.45) is 0 Å². The zero-order chi connectivity index (χ0) is 22.1. The quantitative estimate of drug-likeness (QED) is 0.400. The van der Waals surface area contributed by atoms with Crippen molar-refractivity contribution in [3.8, 4) is 5.75 Å². The number of piperidine rings is 1. The van der Waals surface area contributed by atoms with Crippen LogP contribution in [-0.2, 0) is 12.2 Å². The maximum atomic E-state index is 11.1. The first-order valence-corrected chi connectivity index (χ1v) is 13.0. The molecule has 2 aromatic carbocycles. The van der Waals surface area contributed by atoms with Crippen LogP contribution in [0, 0.1) is 0 Å². The Bertz CT molecular complexity index is 1130. The first-order valence-electron chi connectivity index (χ1n) is 10.9. The Hall–Kier alpha value is -1.63. The number of benzene rings is 2. The highest BCUT2D eigenvalue weighted by Gasteiger charge is 2.33. The second-order valence-corrected chi connectivity index (χ2v) is 10.8. The van der Waals surface area contributed by atoms with Crippen LogP contribution in [0.5, 0.6) is 5.75 Å². The van der Waals surface area contributed by atoms with Gasteiger partial charge in [-0.2, -0.15) is 0 Å². The molecule has 166 valence electrons. The minimum absolute atomic E-state index is 0.614. The molecule has 1 fully saturated rings. The highest BCUT2D eigenvalue weighted by atomic mass is 79.9. The zero-order valence-electron chi connectivity index (χ0n) is 17.7. The maximum absolute atomic E-state index is 11.1. The highest BCUT2D eigenvalue weighted by molar-refractivity contribution is 9.10. The number of halogens is 2. The summed E-state index contributed by atoms with van der Waals surface area (Å²) in [6.07, 6.45) is 4.79. The van der Waals surface area contributed by atoms with E-state index in [4.69, 9.17) is 16.3 Å². The lowest BCUT2D eigenvalue weighted by Crippen LogP contribution is -2.42. The van der Waals surface area contributed by atoms with E-state index >= 15 is 0 Å². The van der Waals surface area contributed by atoms with E-state index < -0.39 is 5.60 Å². The van der Waals surface area contributed by atoms with E-state index in [2.05, 4.69) is 56.6 Å². The Morgan fingerprint density at radius 1 is 1.09 bits per heavy atom. The van der Waals surface area contributed by atoms with Gasteiger partial charge in [0.2, 0.25) is 0 Å². The van der Waals surface area contributed by atoms with E-state index in [0.717, 1.165) is 60.2 Å². The van der Waals surface area contributed by atoms with E-state index in [0.29, 0.717) is 11.6 Å². The van der Waals surface area contributed by atoms with Crippen molar-refractivity contribution >= 4 is 44.4 Å². The average Bonchev–Trinajstić information content (AvgIpc) is 3.21. The third-order valence-corrected chi connectivity index (χ3v) is 8.13. The smallest absolute Gasteiger partial charge is 0.128 e. The van der Waals surface area contributed by atoms with E-state index in [9.17, 15) is 5.11 Å². The van der Waals surface area contributed by atoms with E-state index in [1.54, 1.807) is 11.3 Å². The summed E-state index contributed by atoms with van der Waals surface area (Å²) < 4.78 is 7.14. The number of ether oxygens (including phenoxy) is 1. The van der Waals surface area contributed by atoms with Crippen molar-refractivity contribution in [3.63, 3.8) is 0 Å². The van der Waals surface area contributed by atoms with Gasteiger partial charge in [0.25, 0.3) is 0 Å². The molecule has 0 atom stereocenters. The lowest BCUT2D eigenvalue weighted by atomic mass is 9.84. The topological polar surface area (TPSA) is 32.7 Å². The van der Waals surface area contributed by atoms with Gasteiger partial charge in [0.05, 0.1) is 5.60 Å². The predicted molar refractivity (Wildman–Crippen MR) is 136 cm³/mol. The molecule has 0 spiro atoms. The van der Waals surface area contributed by atoms with Crippen LogP contribution in [0.25, 0.3) is 5.57 Å². The standard InChI is InChI=1S/C26H25BrClNO2S/c27-19-5-8-22-21(23-9-15-32-25(23)17-31-24(22)16-19)2-1-12-29-13-10-26(30,11-14-29)18-3-6-20(28)7-4-18/h2-9,15-16,30H,1,10-14,17H2. The van der Waals surface area contributed by atoms with Crippen molar-refractivity contribution in [1.82, 2.24) is 4.90 Å². The normalized spacial score (nSPS) is 19.2. The van der Waals surface area contributed by atoms with E-state index in [1.807, 2.05) is 24.3 Å². The number of thiophene rings is 1. The minimum Gasteiger partial charge on any atom is -0.487 e. The molecule has 0 radical (unpaired) electrons. The number of likely N-dealkylation sites (tertiary alicyclic amines) is 1. The van der Waals surface area contributed by atoms with Crippen molar-refractivity contribution in [2.45, 2.75) is 31.5 Å². The fourth-order valence-corrected chi connectivity index (χ4v) is 5.89. The van der Waals surface area contributed by atoms with Crippen LogP contribution in [0.2, 0.25) is 5.02 Å². The predicted octanol–water partition coefficient (Wildman–Crippen LogP) is 6.86. The van der Waals surface area contributed by atoms with Gasteiger partial charge in [0, 0.05) is 39.6 Å². The van der Waals surface area contributed by atoms with Gasteiger partial charge in [-0.05, 0) is 77.7 Å². The molecule has 32 heavy (non-hydrogen) atoms. The number of aliphatic hydroxyl groups is 1. The molecule has 2 aliphatic heterocycles. The Morgan fingerprint density at radius 2 is 1.88 bits per heavy atom. The van der Waals surface area contributed by atoms with Gasteiger partial charge in [0.1, 0.15) is 12.4 Å². The molecule has 0 unspecified atom stereocenters. The number of hydrogen-bond donors (Lipinski definition) is 1. The largest absolute Gasteiger partial charge is 0.487 e. The second kappa shape index (κ2) is 9.32. The van der Waals surface area contributed by atoms with Gasteiger partial charge in [-0.3, -0.25) is 0 Å². The molecule has 0 amide bonds. The first kappa shape index (κ1) is 22.2. The Balaban J connectivity index is 1.28. The molecule has 0 saturated carbocycles. The molecule has 0 bridgehead atoms. The molecular weight excluding hydrogens is 506 g/mol. The summed E-state index contributed by atoms with van der Waals surface area (Å²) in [5.74, 6) is 0.931. The van der Waals surface area contributed by atoms with Gasteiger partial charge >= 0.3 is 0 Å². The first-order chi connectivity index (χ1) is 15.5. The number of hydrogen-bond acceptors (Lipinski definition) is 4. The maximum Gasteiger partial charge on any atom is 0.128 e. The van der Waals surface area contributed by atoms with Crippen molar-refractivity contribution < 1.29 is 9.84 Å². The van der Waals surface area contributed by atoms with Crippen LogP contribution in [0.1, 0.15) is 40.8 Å². The van der Waals surface area contributed by atoms with Crippen LogP contribution in [0.15, 0.2) is 64.5 Å². The van der Waals surface area contributed by atoms with E-state index in [-0.39, 0.29) is 0 Å². The number of fused-ring (bicyclic) bond motifs is 2. The van der Waals surface area contributed by atoms with Gasteiger partial charge in [-0.15, -0.1) is 11.3 Å². The highest BCUT2D eigenvalue weighted by Crippen LogP contribution is 2.40. The summed E-state index contributed by atoms with van der Waals surface area (Å²) >= 11 is 11.3. The second-order valence-electron chi connectivity index (χ2n) is 8.47.